The lowest BCUT2D eigenvalue weighted by Gasteiger charge is -2.14. The van der Waals surface area contributed by atoms with Gasteiger partial charge in [-0.1, -0.05) is 11.6 Å². The van der Waals surface area contributed by atoms with Crippen molar-refractivity contribution in [2.45, 2.75) is 12.5 Å². The first-order valence-electron chi connectivity index (χ1n) is 5.93. The van der Waals surface area contributed by atoms with Gasteiger partial charge in [0.15, 0.2) is 0 Å². The summed E-state index contributed by atoms with van der Waals surface area (Å²) < 4.78 is 0.567. The molecule has 8 heteroatoms. The zero-order chi connectivity index (χ0) is 15.4. The maximum absolute atomic E-state index is 12.1. The van der Waals surface area contributed by atoms with Crippen LogP contribution < -0.4 is 5.32 Å². The van der Waals surface area contributed by atoms with Crippen LogP contribution >= 0.6 is 27.5 Å². The van der Waals surface area contributed by atoms with Gasteiger partial charge in [-0.25, -0.2) is 9.78 Å². The quantitative estimate of drug-likeness (QED) is 0.750. The fourth-order valence-corrected chi connectivity index (χ4v) is 2.19. The fraction of sp³-hybridized carbons (Fsp3) is 0.154. The lowest BCUT2D eigenvalue weighted by atomic mass is 10.1. The van der Waals surface area contributed by atoms with Gasteiger partial charge in [-0.2, -0.15) is 0 Å². The van der Waals surface area contributed by atoms with E-state index in [0.29, 0.717) is 20.8 Å². The molecule has 1 aromatic heterocycles. The highest BCUT2D eigenvalue weighted by atomic mass is 79.9. The number of benzene rings is 1. The minimum absolute atomic E-state index is 0.121. The number of hydrogen-bond donors (Lipinski definition) is 3. The van der Waals surface area contributed by atoms with Crippen LogP contribution in [-0.2, 0) is 11.2 Å². The number of aromatic amines is 1. The van der Waals surface area contributed by atoms with Crippen LogP contribution in [0.5, 0.6) is 0 Å². The van der Waals surface area contributed by atoms with Gasteiger partial charge in [0.2, 0.25) is 0 Å². The molecule has 110 valence electrons. The number of nitrogens with one attached hydrogen (secondary N) is 2. The molecule has 3 N–H and O–H groups in total. The van der Waals surface area contributed by atoms with Crippen LogP contribution in [0.3, 0.4) is 0 Å². The van der Waals surface area contributed by atoms with E-state index >= 15 is 0 Å². The van der Waals surface area contributed by atoms with Crippen LogP contribution in [0.4, 0.5) is 0 Å². The van der Waals surface area contributed by atoms with E-state index in [0.717, 1.165) is 0 Å². The molecule has 0 fully saturated rings. The van der Waals surface area contributed by atoms with Gasteiger partial charge in [-0.3, -0.25) is 4.79 Å². The van der Waals surface area contributed by atoms with Gasteiger partial charge in [0.1, 0.15) is 6.04 Å². The minimum atomic E-state index is -1.12. The molecule has 1 heterocycles. The summed E-state index contributed by atoms with van der Waals surface area (Å²) in [7, 11) is 0. The van der Waals surface area contributed by atoms with Crippen LogP contribution in [-0.4, -0.2) is 33.0 Å². The molecule has 0 aliphatic carbocycles. The molecule has 2 aromatic rings. The zero-order valence-corrected chi connectivity index (χ0v) is 13.0. The lowest BCUT2D eigenvalue weighted by molar-refractivity contribution is -0.139. The Bertz CT molecular complexity index is 661. The van der Waals surface area contributed by atoms with E-state index < -0.39 is 17.9 Å². The Kier molecular flexibility index (Phi) is 4.98. The predicted octanol–water partition coefficient (Wildman–Crippen LogP) is 2.25. The van der Waals surface area contributed by atoms with Gasteiger partial charge in [-0.05, 0) is 34.1 Å². The third-order valence-electron chi connectivity index (χ3n) is 2.76. The van der Waals surface area contributed by atoms with Crippen molar-refractivity contribution in [3.63, 3.8) is 0 Å². The van der Waals surface area contributed by atoms with E-state index in [4.69, 9.17) is 11.6 Å². The Morgan fingerprint density at radius 1 is 1.48 bits per heavy atom. The van der Waals surface area contributed by atoms with Crippen LogP contribution in [0.2, 0.25) is 5.02 Å². The Morgan fingerprint density at radius 3 is 2.81 bits per heavy atom. The van der Waals surface area contributed by atoms with Gasteiger partial charge in [0, 0.05) is 28.3 Å². The second-order valence-electron chi connectivity index (χ2n) is 4.27. The predicted molar refractivity (Wildman–Crippen MR) is 80.3 cm³/mol. The highest BCUT2D eigenvalue weighted by Gasteiger charge is 2.22. The van der Waals surface area contributed by atoms with Crippen molar-refractivity contribution in [2.24, 2.45) is 0 Å². The van der Waals surface area contributed by atoms with Crippen molar-refractivity contribution >= 4 is 39.4 Å². The first kappa shape index (κ1) is 15.5. The van der Waals surface area contributed by atoms with E-state index in [1.807, 2.05) is 0 Å². The second-order valence-corrected chi connectivity index (χ2v) is 5.54. The van der Waals surface area contributed by atoms with Gasteiger partial charge in [-0.15, -0.1) is 0 Å². The van der Waals surface area contributed by atoms with Crippen LogP contribution in [0.15, 0.2) is 35.2 Å². The number of nitrogens with zero attached hydrogens (tertiary/aromatic N) is 1. The largest absolute Gasteiger partial charge is 0.480 e. The van der Waals surface area contributed by atoms with E-state index in [2.05, 4.69) is 31.2 Å². The Balaban J connectivity index is 2.10. The zero-order valence-electron chi connectivity index (χ0n) is 10.6. The average Bonchev–Trinajstić information content (AvgIpc) is 2.93. The smallest absolute Gasteiger partial charge is 0.326 e. The number of amides is 1. The number of rotatable bonds is 5. The molecule has 0 aliphatic heterocycles. The third kappa shape index (κ3) is 4.05. The minimum Gasteiger partial charge on any atom is -0.480 e. The van der Waals surface area contributed by atoms with Crippen molar-refractivity contribution in [2.75, 3.05) is 0 Å². The van der Waals surface area contributed by atoms with Crippen LogP contribution in [0, 0.1) is 0 Å². The number of aromatic nitrogens is 2. The lowest BCUT2D eigenvalue weighted by Crippen LogP contribution is -2.42. The third-order valence-corrected chi connectivity index (χ3v) is 3.98. The van der Waals surface area contributed by atoms with Crippen molar-refractivity contribution in [3.05, 3.63) is 51.5 Å². The molecule has 21 heavy (non-hydrogen) atoms. The molecule has 0 radical (unpaired) electrons. The fourth-order valence-electron chi connectivity index (χ4n) is 1.70. The summed E-state index contributed by atoms with van der Waals surface area (Å²) in [5.74, 6) is -1.61. The topological polar surface area (TPSA) is 95.1 Å². The summed E-state index contributed by atoms with van der Waals surface area (Å²) in [6, 6.07) is 3.57. The highest BCUT2D eigenvalue weighted by Crippen LogP contribution is 2.23. The molecule has 0 spiro atoms. The van der Waals surface area contributed by atoms with Crippen molar-refractivity contribution in [1.82, 2.24) is 15.3 Å². The molecule has 0 unspecified atom stereocenters. The molecule has 1 amide bonds. The average molecular weight is 373 g/mol. The summed E-state index contributed by atoms with van der Waals surface area (Å²) in [4.78, 5) is 29.9. The van der Waals surface area contributed by atoms with E-state index in [-0.39, 0.29) is 6.42 Å². The molecule has 0 saturated heterocycles. The SMILES string of the molecule is O=C(N[C@@H](Cc1cnc[nH]1)C(=O)O)c1ccc(Cl)c(Br)c1. The number of hydrogen-bond acceptors (Lipinski definition) is 3. The maximum Gasteiger partial charge on any atom is 0.326 e. The highest BCUT2D eigenvalue weighted by molar-refractivity contribution is 9.10. The Labute approximate surface area is 133 Å². The maximum atomic E-state index is 12.1. The molecule has 0 bridgehead atoms. The molecular weight excluding hydrogens is 362 g/mol. The Hall–Kier alpha value is -1.86. The summed E-state index contributed by atoms with van der Waals surface area (Å²) in [6.45, 7) is 0. The number of aliphatic carboxylic acids is 1. The molecule has 1 aromatic carbocycles. The van der Waals surface area contributed by atoms with Crippen molar-refractivity contribution in [3.8, 4) is 0 Å². The first-order chi connectivity index (χ1) is 9.97. The molecule has 0 saturated carbocycles. The van der Waals surface area contributed by atoms with Crippen LogP contribution in [0.1, 0.15) is 16.1 Å². The number of imidazole rings is 1. The summed E-state index contributed by atoms with van der Waals surface area (Å²) >= 11 is 9.07. The van der Waals surface area contributed by atoms with E-state index in [1.165, 1.54) is 24.7 Å². The van der Waals surface area contributed by atoms with E-state index in [1.54, 1.807) is 6.07 Å². The van der Waals surface area contributed by atoms with Gasteiger partial charge in [0.05, 0.1) is 11.3 Å². The monoisotopic (exact) mass is 371 g/mol. The number of carbonyl (C=O) groups is 2. The molecule has 2 rings (SSSR count). The summed E-state index contributed by atoms with van der Waals surface area (Å²) in [5, 5.41) is 12.1. The second kappa shape index (κ2) is 6.73. The van der Waals surface area contributed by atoms with Crippen molar-refractivity contribution in [1.29, 1.82) is 0 Å². The number of carboxylic acids is 1. The number of halogens is 2. The molecular formula is C13H11BrClN3O3. The standard InChI is InChI=1S/C13H11BrClN3O3/c14-9-3-7(1-2-10(9)15)12(19)18-11(13(20)21)4-8-5-16-6-17-8/h1-3,5-6,11H,4H2,(H,16,17)(H,18,19)(H,20,21)/t11-/m0/s1. The molecule has 0 aliphatic rings. The van der Waals surface area contributed by atoms with Crippen molar-refractivity contribution < 1.29 is 14.7 Å². The summed E-state index contributed by atoms with van der Waals surface area (Å²) in [6.07, 6.45) is 3.09. The molecule has 1 atom stereocenters. The number of carbonyl (C=O) groups excluding carboxylic acids is 1. The van der Waals surface area contributed by atoms with Gasteiger partial charge in [0.25, 0.3) is 5.91 Å². The van der Waals surface area contributed by atoms with Gasteiger partial charge < -0.3 is 15.4 Å². The van der Waals surface area contributed by atoms with Crippen LogP contribution in [0.25, 0.3) is 0 Å². The first-order valence-corrected chi connectivity index (χ1v) is 7.10. The Morgan fingerprint density at radius 2 is 2.24 bits per heavy atom. The number of carboxylic acid groups (broad SMARTS) is 1. The van der Waals surface area contributed by atoms with Gasteiger partial charge >= 0.3 is 5.97 Å². The normalized spacial score (nSPS) is 11.9. The van der Waals surface area contributed by atoms with E-state index in [9.17, 15) is 14.7 Å². The molecule has 6 nitrogen and oxygen atoms in total. The summed E-state index contributed by atoms with van der Waals surface area (Å²) in [5.41, 5.74) is 0.946. The number of H-pyrrole nitrogens is 1.